The Kier molecular flexibility index (Phi) is 5.22. The molecule has 10 heteroatoms. The number of carboxylic acid groups (broad SMARTS) is 1. The van der Waals surface area contributed by atoms with Crippen LogP contribution in [0.5, 0.6) is 0 Å². The van der Waals surface area contributed by atoms with E-state index in [0.717, 1.165) is 13.8 Å². The molecule has 0 saturated carbocycles. The van der Waals surface area contributed by atoms with E-state index in [9.17, 15) is 35.9 Å². The van der Waals surface area contributed by atoms with Crippen LogP contribution in [0.4, 0.5) is 26.3 Å². The molecule has 0 unspecified atom stereocenters. The summed E-state index contributed by atoms with van der Waals surface area (Å²) in [6, 6.07) is -2.21. The molecule has 1 atom stereocenters. The first-order valence-electron chi connectivity index (χ1n) is 4.94. The van der Waals surface area contributed by atoms with Gasteiger partial charge in [-0.25, -0.2) is 4.79 Å². The molecule has 0 aliphatic heterocycles. The molecular formula is C9H11F6NO3. The van der Waals surface area contributed by atoms with Crippen molar-refractivity contribution >= 4 is 11.9 Å². The van der Waals surface area contributed by atoms with Crippen molar-refractivity contribution in [2.75, 3.05) is 6.54 Å². The van der Waals surface area contributed by atoms with Gasteiger partial charge in [-0.15, -0.1) is 0 Å². The third-order valence-electron chi connectivity index (χ3n) is 2.07. The number of amides is 1. The summed E-state index contributed by atoms with van der Waals surface area (Å²) in [4.78, 5) is 21.0. The predicted octanol–water partition coefficient (Wildman–Crippen LogP) is 2.05. The second-order valence-corrected chi connectivity index (χ2v) is 4.07. The smallest absolute Gasteiger partial charge is 0.471 e. The molecule has 0 heterocycles. The lowest BCUT2D eigenvalue weighted by atomic mass is 10.0. The number of aliphatic carboxylic acids is 1. The molecule has 0 radical (unpaired) electrons. The van der Waals surface area contributed by atoms with Crippen molar-refractivity contribution in [1.29, 1.82) is 0 Å². The molecule has 112 valence electrons. The maximum Gasteiger partial charge on any atom is 0.471 e. The average molecular weight is 295 g/mol. The largest absolute Gasteiger partial charge is 0.480 e. The second kappa shape index (κ2) is 5.66. The minimum Gasteiger partial charge on any atom is -0.480 e. The highest BCUT2D eigenvalue weighted by Gasteiger charge is 2.50. The summed E-state index contributed by atoms with van der Waals surface area (Å²) in [5, 5.41) is 8.70. The van der Waals surface area contributed by atoms with Crippen LogP contribution in [-0.2, 0) is 9.59 Å². The summed E-state index contributed by atoms with van der Waals surface area (Å²) < 4.78 is 73.2. The molecule has 0 aliphatic carbocycles. The molecule has 0 spiro atoms. The zero-order chi connectivity index (χ0) is 15.6. The van der Waals surface area contributed by atoms with Crippen LogP contribution in [0.15, 0.2) is 0 Å². The minimum atomic E-state index is -5.58. The first-order chi connectivity index (χ1) is 8.27. The van der Waals surface area contributed by atoms with Gasteiger partial charge in [-0.3, -0.25) is 4.79 Å². The van der Waals surface area contributed by atoms with Crippen molar-refractivity contribution < 1.29 is 41.0 Å². The van der Waals surface area contributed by atoms with E-state index in [0.29, 0.717) is 0 Å². The summed E-state index contributed by atoms with van der Waals surface area (Å²) in [7, 11) is 0. The summed E-state index contributed by atoms with van der Waals surface area (Å²) in [5.41, 5.74) is 0. The Hall–Kier alpha value is -1.48. The second-order valence-electron chi connectivity index (χ2n) is 4.07. The third-order valence-corrected chi connectivity index (χ3v) is 2.07. The average Bonchev–Trinajstić information content (AvgIpc) is 2.10. The van der Waals surface area contributed by atoms with Crippen LogP contribution >= 0.6 is 0 Å². The number of hydrogen-bond donors (Lipinski definition) is 1. The van der Waals surface area contributed by atoms with E-state index in [1.54, 1.807) is 0 Å². The normalized spacial score (nSPS) is 14.4. The highest BCUT2D eigenvalue weighted by molar-refractivity contribution is 5.87. The van der Waals surface area contributed by atoms with E-state index in [1.807, 2.05) is 0 Å². The molecule has 0 aromatic rings. The van der Waals surface area contributed by atoms with Gasteiger partial charge in [0.1, 0.15) is 12.6 Å². The van der Waals surface area contributed by atoms with Gasteiger partial charge in [0.2, 0.25) is 0 Å². The standard InChI is InChI=1S/C9H11F6NO3/c1-4(2)5(6(17)18)16(3-8(10,11)12)7(19)9(13,14)15/h4-5H,3H2,1-2H3,(H,17,18)/t5-/m0/s1. The summed E-state index contributed by atoms with van der Waals surface area (Å²) in [6.45, 7) is -0.0713. The van der Waals surface area contributed by atoms with Crippen LogP contribution in [-0.4, -0.2) is 46.8 Å². The fourth-order valence-corrected chi connectivity index (χ4v) is 1.43. The minimum absolute atomic E-state index is 0.715. The van der Waals surface area contributed by atoms with E-state index < -0.39 is 47.6 Å². The van der Waals surface area contributed by atoms with Gasteiger partial charge >= 0.3 is 24.2 Å². The number of carbonyl (C=O) groups excluding carboxylic acids is 1. The molecule has 0 rings (SSSR count). The lowest BCUT2D eigenvalue weighted by Gasteiger charge is -2.32. The molecule has 0 aromatic heterocycles. The van der Waals surface area contributed by atoms with Crippen molar-refractivity contribution in [2.24, 2.45) is 5.92 Å². The van der Waals surface area contributed by atoms with Crippen LogP contribution in [0.1, 0.15) is 13.8 Å². The number of halogens is 6. The van der Waals surface area contributed by atoms with Crippen molar-refractivity contribution in [1.82, 2.24) is 4.90 Å². The van der Waals surface area contributed by atoms with Gasteiger partial charge in [0.15, 0.2) is 0 Å². The number of carbonyl (C=O) groups is 2. The topological polar surface area (TPSA) is 57.6 Å². The third kappa shape index (κ3) is 5.35. The van der Waals surface area contributed by atoms with Crippen LogP contribution in [0.25, 0.3) is 0 Å². The zero-order valence-electron chi connectivity index (χ0n) is 9.84. The van der Waals surface area contributed by atoms with Crippen LogP contribution in [0.2, 0.25) is 0 Å². The molecule has 1 N–H and O–H groups in total. The number of nitrogens with zero attached hydrogens (tertiary/aromatic N) is 1. The maximum absolute atomic E-state index is 12.2. The monoisotopic (exact) mass is 295 g/mol. The number of carboxylic acids is 1. The van der Waals surface area contributed by atoms with Gasteiger partial charge in [-0.1, -0.05) is 13.8 Å². The quantitative estimate of drug-likeness (QED) is 0.808. The maximum atomic E-state index is 12.2. The number of alkyl halides is 6. The molecule has 19 heavy (non-hydrogen) atoms. The van der Waals surface area contributed by atoms with E-state index in [-0.39, 0.29) is 0 Å². The van der Waals surface area contributed by atoms with E-state index in [4.69, 9.17) is 5.11 Å². The Balaban J connectivity index is 5.50. The van der Waals surface area contributed by atoms with Gasteiger partial charge in [-0.2, -0.15) is 26.3 Å². The number of rotatable bonds is 4. The Morgan fingerprint density at radius 1 is 1.11 bits per heavy atom. The van der Waals surface area contributed by atoms with Gasteiger partial charge in [0.25, 0.3) is 0 Å². The Labute approximate surface area is 104 Å². The lowest BCUT2D eigenvalue weighted by Crippen LogP contribution is -2.55. The molecule has 0 fully saturated rings. The van der Waals surface area contributed by atoms with E-state index in [1.165, 1.54) is 0 Å². The van der Waals surface area contributed by atoms with Gasteiger partial charge < -0.3 is 10.0 Å². The van der Waals surface area contributed by atoms with Gasteiger partial charge in [0, 0.05) is 0 Å². The molecular weight excluding hydrogens is 284 g/mol. The van der Waals surface area contributed by atoms with E-state index >= 15 is 0 Å². The van der Waals surface area contributed by atoms with Crippen LogP contribution in [0, 0.1) is 5.92 Å². The van der Waals surface area contributed by atoms with Crippen molar-refractivity contribution in [2.45, 2.75) is 32.2 Å². The van der Waals surface area contributed by atoms with Crippen LogP contribution in [0.3, 0.4) is 0 Å². The molecule has 1 amide bonds. The summed E-state index contributed by atoms with van der Waals surface area (Å²) in [5.74, 6) is -5.88. The molecule has 0 bridgehead atoms. The Bertz CT molecular complexity index is 349. The molecule has 0 aliphatic rings. The van der Waals surface area contributed by atoms with Gasteiger partial charge in [-0.05, 0) is 5.92 Å². The fraction of sp³-hybridized carbons (Fsp3) is 0.778. The Morgan fingerprint density at radius 2 is 1.53 bits per heavy atom. The predicted molar refractivity (Wildman–Crippen MR) is 50.1 cm³/mol. The summed E-state index contributed by atoms with van der Waals surface area (Å²) >= 11 is 0. The first-order valence-corrected chi connectivity index (χ1v) is 4.94. The fourth-order valence-electron chi connectivity index (χ4n) is 1.43. The Morgan fingerprint density at radius 3 is 1.74 bits per heavy atom. The van der Waals surface area contributed by atoms with Crippen molar-refractivity contribution in [3.63, 3.8) is 0 Å². The highest BCUT2D eigenvalue weighted by atomic mass is 19.4. The summed E-state index contributed by atoms with van der Waals surface area (Å²) in [6.07, 6.45) is -10.7. The molecule has 4 nitrogen and oxygen atoms in total. The molecule has 0 saturated heterocycles. The zero-order valence-corrected chi connectivity index (χ0v) is 9.84. The van der Waals surface area contributed by atoms with Crippen molar-refractivity contribution in [3.8, 4) is 0 Å². The van der Waals surface area contributed by atoms with Crippen LogP contribution < -0.4 is 0 Å². The number of hydrogen-bond acceptors (Lipinski definition) is 2. The highest BCUT2D eigenvalue weighted by Crippen LogP contribution is 2.26. The van der Waals surface area contributed by atoms with E-state index in [2.05, 4.69) is 0 Å². The SMILES string of the molecule is CC(C)[C@@H](C(=O)O)N(CC(F)(F)F)C(=O)C(F)(F)F. The lowest BCUT2D eigenvalue weighted by molar-refractivity contribution is -0.205. The van der Waals surface area contributed by atoms with Gasteiger partial charge in [0.05, 0.1) is 0 Å². The first kappa shape index (κ1) is 17.5. The van der Waals surface area contributed by atoms with Crippen molar-refractivity contribution in [3.05, 3.63) is 0 Å². The molecule has 0 aromatic carbocycles.